The summed E-state index contributed by atoms with van der Waals surface area (Å²) >= 11 is 0. The van der Waals surface area contributed by atoms with Gasteiger partial charge in [0.2, 0.25) is 0 Å². The SMILES string of the molecule is O=C(N1CC(c2ccc(NCC3(C(F)(F)F)CC3)nc2)C1)N1CC[C@H](n2cnnc2)C1. The Labute approximate surface area is 177 Å². The molecule has 1 N–H and O–H groups in total. The highest BCUT2D eigenvalue weighted by Crippen LogP contribution is 2.57. The second kappa shape index (κ2) is 7.38. The molecule has 166 valence electrons. The van der Waals surface area contributed by atoms with E-state index in [1.165, 1.54) is 0 Å². The number of amides is 2. The summed E-state index contributed by atoms with van der Waals surface area (Å²) in [6.07, 6.45) is 2.10. The van der Waals surface area contributed by atoms with Crippen molar-refractivity contribution in [2.45, 2.75) is 37.4 Å². The number of carbonyl (C=O) groups is 1. The zero-order chi connectivity index (χ0) is 21.6. The number of hydrogen-bond donors (Lipinski definition) is 1. The first-order valence-corrected chi connectivity index (χ1v) is 10.5. The van der Waals surface area contributed by atoms with Crippen molar-refractivity contribution in [3.8, 4) is 0 Å². The second-order valence-corrected chi connectivity index (χ2v) is 8.79. The summed E-state index contributed by atoms with van der Waals surface area (Å²) in [4.78, 5) is 20.7. The number of likely N-dealkylation sites (tertiary alicyclic amines) is 2. The molecule has 2 amide bonds. The van der Waals surface area contributed by atoms with Gasteiger partial charge in [-0.15, -0.1) is 10.2 Å². The number of carbonyl (C=O) groups excluding carboxylic acids is 1. The molecule has 3 fully saturated rings. The standard InChI is InChI=1S/C20H24F3N7O/c21-20(22,23)19(4-5-19)11-25-17-2-1-14(7-24-17)15-8-29(9-15)18(31)28-6-3-16(10-28)30-12-26-27-13-30/h1-2,7,12-13,15-16H,3-6,8-11H2,(H,24,25)/t16-/m0/s1. The van der Waals surface area contributed by atoms with Crippen LogP contribution in [-0.2, 0) is 0 Å². The van der Waals surface area contributed by atoms with Crippen LogP contribution < -0.4 is 5.32 Å². The quantitative estimate of drug-likeness (QED) is 0.781. The number of halogens is 3. The molecule has 0 unspecified atom stereocenters. The Bertz CT molecular complexity index is 921. The molecule has 5 rings (SSSR count). The molecule has 1 atom stereocenters. The largest absolute Gasteiger partial charge is 0.396 e. The molecule has 4 heterocycles. The van der Waals surface area contributed by atoms with Crippen LogP contribution in [0.2, 0.25) is 0 Å². The van der Waals surface area contributed by atoms with Gasteiger partial charge in [0, 0.05) is 44.8 Å². The van der Waals surface area contributed by atoms with Crippen LogP contribution in [0, 0.1) is 5.41 Å². The fraction of sp³-hybridized carbons (Fsp3) is 0.600. The average Bonchev–Trinajstić information content (AvgIpc) is 3.12. The van der Waals surface area contributed by atoms with Gasteiger partial charge in [-0.3, -0.25) is 0 Å². The number of nitrogens with zero attached hydrogens (tertiary/aromatic N) is 6. The zero-order valence-electron chi connectivity index (χ0n) is 16.9. The Morgan fingerprint density at radius 2 is 1.87 bits per heavy atom. The summed E-state index contributed by atoms with van der Waals surface area (Å²) in [7, 11) is 0. The lowest BCUT2D eigenvalue weighted by Gasteiger charge is -2.41. The van der Waals surface area contributed by atoms with Gasteiger partial charge in [-0.25, -0.2) is 9.78 Å². The van der Waals surface area contributed by atoms with E-state index >= 15 is 0 Å². The molecule has 0 spiro atoms. The molecule has 8 nitrogen and oxygen atoms in total. The van der Waals surface area contributed by atoms with Crippen LogP contribution in [0.15, 0.2) is 31.0 Å². The Morgan fingerprint density at radius 3 is 2.48 bits per heavy atom. The topological polar surface area (TPSA) is 79.2 Å². The molecule has 11 heteroatoms. The van der Waals surface area contributed by atoms with Crippen molar-refractivity contribution < 1.29 is 18.0 Å². The number of hydrogen-bond acceptors (Lipinski definition) is 5. The molecule has 2 aliphatic heterocycles. The first-order valence-electron chi connectivity index (χ1n) is 10.5. The number of alkyl halides is 3. The maximum atomic E-state index is 13.0. The van der Waals surface area contributed by atoms with Crippen molar-refractivity contribution in [2.24, 2.45) is 5.41 Å². The van der Waals surface area contributed by atoms with Gasteiger partial charge in [0.1, 0.15) is 18.5 Å². The van der Waals surface area contributed by atoms with E-state index in [2.05, 4.69) is 20.5 Å². The Hall–Kier alpha value is -2.85. The van der Waals surface area contributed by atoms with E-state index in [9.17, 15) is 18.0 Å². The molecule has 31 heavy (non-hydrogen) atoms. The van der Waals surface area contributed by atoms with E-state index in [-0.39, 0.29) is 37.4 Å². The molecule has 1 aliphatic carbocycles. The highest BCUT2D eigenvalue weighted by atomic mass is 19.4. The number of pyridine rings is 1. The van der Waals surface area contributed by atoms with E-state index in [1.807, 2.05) is 20.4 Å². The monoisotopic (exact) mass is 435 g/mol. The lowest BCUT2D eigenvalue weighted by atomic mass is 9.93. The van der Waals surface area contributed by atoms with Gasteiger partial charge in [-0.05, 0) is 30.9 Å². The van der Waals surface area contributed by atoms with Crippen molar-refractivity contribution in [1.29, 1.82) is 0 Å². The predicted octanol–water partition coefficient (Wildman–Crippen LogP) is 2.89. The summed E-state index contributed by atoms with van der Waals surface area (Å²) < 4.78 is 41.0. The van der Waals surface area contributed by atoms with Crippen LogP contribution in [-0.4, -0.2) is 74.5 Å². The van der Waals surface area contributed by atoms with Crippen molar-refractivity contribution in [3.63, 3.8) is 0 Å². The van der Waals surface area contributed by atoms with E-state index < -0.39 is 11.6 Å². The number of nitrogens with one attached hydrogen (secondary N) is 1. The van der Waals surface area contributed by atoms with Gasteiger partial charge in [-0.1, -0.05) is 6.07 Å². The summed E-state index contributed by atoms with van der Waals surface area (Å²) in [5.74, 6) is 0.648. The van der Waals surface area contributed by atoms with Gasteiger partial charge < -0.3 is 19.7 Å². The summed E-state index contributed by atoms with van der Waals surface area (Å²) in [6, 6.07) is 3.86. The average molecular weight is 435 g/mol. The number of anilines is 1. The van der Waals surface area contributed by atoms with E-state index in [4.69, 9.17) is 0 Å². The minimum atomic E-state index is -4.17. The third-order valence-electron chi connectivity index (χ3n) is 6.76. The minimum Gasteiger partial charge on any atom is -0.369 e. The number of rotatable bonds is 5. The van der Waals surface area contributed by atoms with E-state index in [0.29, 0.717) is 32.0 Å². The van der Waals surface area contributed by atoms with Crippen molar-refractivity contribution in [2.75, 3.05) is 38.0 Å². The van der Waals surface area contributed by atoms with Gasteiger partial charge in [-0.2, -0.15) is 13.2 Å². The van der Waals surface area contributed by atoms with Gasteiger partial charge in [0.25, 0.3) is 0 Å². The van der Waals surface area contributed by atoms with Gasteiger partial charge >= 0.3 is 12.2 Å². The van der Waals surface area contributed by atoms with Crippen LogP contribution in [0.1, 0.15) is 36.8 Å². The third-order valence-corrected chi connectivity index (χ3v) is 6.76. The maximum absolute atomic E-state index is 13.0. The molecule has 1 saturated carbocycles. The van der Waals surface area contributed by atoms with E-state index in [1.54, 1.807) is 24.9 Å². The Morgan fingerprint density at radius 1 is 1.13 bits per heavy atom. The lowest BCUT2D eigenvalue weighted by Crippen LogP contribution is -2.53. The predicted molar refractivity (Wildman–Crippen MR) is 105 cm³/mol. The second-order valence-electron chi connectivity index (χ2n) is 8.79. The van der Waals surface area contributed by atoms with Gasteiger partial charge in [0.05, 0.1) is 11.5 Å². The first kappa shape index (κ1) is 20.1. The zero-order valence-corrected chi connectivity index (χ0v) is 16.9. The smallest absolute Gasteiger partial charge is 0.369 e. The van der Waals surface area contributed by atoms with Crippen LogP contribution in [0.3, 0.4) is 0 Å². The Kier molecular flexibility index (Phi) is 4.78. The third kappa shape index (κ3) is 3.81. The van der Waals surface area contributed by atoms with Crippen LogP contribution in [0.25, 0.3) is 0 Å². The van der Waals surface area contributed by atoms with Crippen LogP contribution in [0.5, 0.6) is 0 Å². The van der Waals surface area contributed by atoms with Crippen LogP contribution >= 0.6 is 0 Å². The van der Waals surface area contributed by atoms with Crippen molar-refractivity contribution >= 4 is 11.8 Å². The fourth-order valence-electron chi connectivity index (χ4n) is 4.32. The molecule has 2 saturated heterocycles. The highest BCUT2D eigenvalue weighted by molar-refractivity contribution is 5.76. The lowest BCUT2D eigenvalue weighted by molar-refractivity contribution is -0.182. The summed E-state index contributed by atoms with van der Waals surface area (Å²) in [6.45, 7) is 2.47. The number of urea groups is 1. The first-order chi connectivity index (χ1) is 14.8. The van der Waals surface area contributed by atoms with Crippen molar-refractivity contribution in [3.05, 3.63) is 36.5 Å². The Balaban J connectivity index is 1.10. The molecule has 2 aromatic heterocycles. The summed E-state index contributed by atoms with van der Waals surface area (Å²) in [5.41, 5.74) is -0.596. The van der Waals surface area contributed by atoms with Gasteiger partial charge in [0.15, 0.2) is 0 Å². The molecular weight excluding hydrogens is 411 g/mol. The minimum absolute atomic E-state index is 0.0416. The molecule has 0 aromatic carbocycles. The molecule has 0 bridgehead atoms. The van der Waals surface area contributed by atoms with E-state index in [0.717, 1.165) is 12.0 Å². The normalized spacial score (nSPS) is 23.0. The summed E-state index contributed by atoms with van der Waals surface area (Å²) in [5, 5.41) is 10.5. The van der Waals surface area contributed by atoms with Crippen molar-refractivity contribution in [1.82, 2.24) is 29.5 Å². The van der Waals surface area contributed by atoms with Crippen LogP contribution in [0.4, 0.5) is 23.8 Å². The fourth-order valence-corrected chi connectivity index (χ4v) is 4.32. The molecule has 0 radical (unpaired) electrons. The molecular formula is C20H24F3N7O. The number of aromatic nitrogens is 4. The molecule has 3 aliphatic rings. The maximum Gasteiger partial charge on any atom is 0.396 e. The highest BCUT2D eigenvalue weighted by Gasteiger charge is 2.62. The molecule has 2 aromatic rings.